The van der Waals surface area contributed by atoms with E-state index < -0.39 is 0 Å². The molecule has 1 aromatic heterocycles. The van der Waals surface area contributed by atoms with Crippen LogP contribution in [0.2, 0.25) is 0 Å². The molecule has 4 rings (SSSR count). The first-order chi connectivity index (χ1) is 12.5. The van der Waals surface area contributed by atoms with Crippen LogP contribution in [0.15, 0.2) is 29.3 Å². The normalized spacial score (nSPS) is 17.8. The molecule has 2 heterocycles. The summed E-state index contributed by atoms with van der Waals surface area (Å²) in [6.07, 6.45) is 4.48. The summed E-state index contributed by atoms with van der Waals surface area (Å²) in [6.45, 7) is 5.32. The number of aromatic nitrogens is 1. The van der Waals surface area contributed by atoms with E-state index in [1.807, 2.05) is 36.1 Å². The molecular formula is C20H23N3O2S. The fraction of sp³-hybridized carbons (Fsp3) is 0.450. The van der Waals surface area contributed by atoms with Crippen LogP contribution in [-0.2, 0) is 0 Å². The van der Waals surface area contributed by atoms with E-state index in [0.717, 1.165) is 59.8 Å². The molecule has 2 aromatic rings. The Labute approximate surface area is 157 Å². The van der Waals surface area contributed by atoms with Crippen molar-refractivity contribution in [1.82, 2.24) is 9.47 Å². The van der Waals surface area contributed by atoms with Crippen molar-refractivity contribution in [2.45, 2.75) is 45.6 Å². The Hall–Kier alpha value is -2.21. The van der Waals surface area contributed by atoms with E-state index in [9.17, 15) is 9.59 Å². The number of carbonyl (C=O) groups is 2. The number of nitrogens with zero attached hydrogens (tertiary/aromatic N) is 3. The van der Waals surface area contributed by atoms with E-state index in [4.69, 9.17) is 4.99 Å². The van der Waals surface area contributed by atoms with Gasteiger partial charge in [0, 0.05) is 37.3 Å². The molecule has 136 valence electrons. The fourth-order valence-electron chi connectivity index (χ4n) is 3.53. The number of hydrogen-bond donors (Lipinski definition) is 0. The van der Waals surface area contributed by atoms with Gasteiger partial charge in [-0.3, -0.25) is 9.59 Å². The van der Waals surface area contributed by atoms with Crippen molar-refractivity contribution < 1.29 is 9.59 Å². The summed E-state index contributed by atoms with van der Waals surface area (Å²) in [6, 6.07) is 7.96. The van der Waals surface area contributed by atoms with Crippen molar-refractivity contribution >= 4 is 28.7 Å². The molecule has 0 unspecified atom stereocenters. The number of thiazole rings is 1. The lowest BCUT2D eigenvalue weighted by Crippen LogP contribution is -2.27. The van der Waals surface area contributed by atoms with E-state index in [1.54, 1.807) is 6.92 Å². The van der Waals surface area contributed by atoms with Crippen LogP contribution in [0.4, 0.5) is 5.69 Å². The summed E-state index contributed by atoms with van der Waals surface area (Å²) in [4.78, 5) is 32.7. The third-order valence-electron chi connectivity index (χ3n) is 5.05. The lowest BCUT2D eigenvalue weighted by atomic mass is 10.2. The highest BCUT2D eigenvalue weighted by molar-refractivity contribution is 7.11. The Morgan fingerprint density at radius 1 is 1.12 bits per heavy atom. The first-order valence-corrected chi connectivity index (χ1v) is 10.0. The van der Waals surface area contributed by atoms with Crippen LogP contribution in [-0.4, -0.2) is 34.2 Å². The number of benzene rings is 1. The highest BCUT2D eigenvalue weighted by Crippen LogP contribution is 2.36. The minimum absolute atomic E-state index is 0.0925. The Kier molecular flexibility index (Phi) is 4.53. The molecule has 6 heteroatoms. The number of carbonyl (C=O) groups excluding carboxylic acids is 2. The molecule has 1 aliphatic heterocycles. The van der Waals surface area contributed by atoms with Crippen molar-refractivity contribution in [3.8, 4) is 0 Å². The Morgan fingerprint density at radius 3 is 2.35 bits per heavy atom. The van der Waals surface area contributed by atoms with E-state index in [2.05, 4.69) is 4.57 Å². The van der Waals surface area contributed by atoms with Gasteiger partial charge in [0.1, 0.15) is 0 Å². The first kappa shape index (κ1) is 17.2. The summed E-state index contributed by atoms with van der Waals surface area (Å²) in [7, 11) is 0. The van der Waals surface area contributed by atoms with Gasteiger partial charge in [-0.25, -0.2) is 4.99 Å². The van der Waals surface area contributed by atoms with Crippen LogP contribution < -0.4 is 4.80 Å². The van der Waals surface area contributed by atoms with Gasteiger partial charge in [0.25, 0.3) is 5.91 Å². The largest absolute Gasteiger partial charge is 0.339 e. The van der Waals surface area contributed by atoms with Crippen LogP contribution in [0.3, 0.4) is 0 Å². The number of rotatable bonds is 4. The van der Waals surface area contributed by atoms with Gasteiger partial charge in [-0.2, -0.15) is 0 Å². The fourth-order valence-corrected chi connectivity index (χ4v) is 4.63. The first-order valence-electron chi connectivity index (χ1n) is 9.21. The second-order valence-corrected chi connectivity index (χ2v) is 8.09. The molecule has 1 saturated carbocycles. The zero-order valence-corrected chi connectivity index (χ0v) is 16.0. The summed E-state index contributed by atoms with van der Waals surface area (Å²) in [5.41, 5.74) is 2.55. The Morgan fingerprint density at radius 2 is 1.77 bits per heavy atom. The maximum Gasteiger partial charge on any atom is 0.253 e. The smallest absolute Gasteiger partial charge is 0.253 e. The molecule has 0 atom stereocenters. The summed E-state index contributed by atoms with van der Waals surface area (Å²) < 4.78 is 2.20. The molecule has 1 saturated heterocycles. The number of ketones is 1. The quantitative estimate of drug-likeness (QED) is 0.769. The van der Waals surface area contributed by atoms with E-state index in [-0.39, 0.29) is 11.7 Å². The lowest BCUT2D eigenvalue weighted by molar-refractivity contribution is 0.0792. The maximum absolute atomic E-state index is 12.4. The van der Waals surface area contributed by atoms with E-state index in [0.29, 0.717) is 11.6 Å². The zero-order chi connectivity index (χ0) is 18.3. The van der Waals surface area contributed by atoms with Gasteiger partial charge in [-0.1, -0.05) is 11.3 Å². The highest BCUT2D eigenvalue weighted by atomic mass is 32.1. The van der Waals surface area contributed by atoms with Crippen molar-refractivity contribution in [3.05, 3.63) is 45.2 Å². The van der Waals surface area contributed by atoms with Crippen LogP contribution in [0, 0.1) is 6.92 Å². The van der Waals surface area contributed by atoms with Gasteiger partial charge >= 0.3 is 0 Å². The maximum atomic E-state index is 12.4. The van der Waals surface area contributed by atoms with Gasteiger partial charge in [0.05, 0.1) is 10.6 Å². The SMILES string of the molecule is CC(=O)c1sc(=Nc2ccc(C(=O)N3CCCC3)cc2)n(C2CC2)c1C. The van der Waals surface area contributed by atoms with Crippen molar-refractivity contribution in [2.75, 3.05) is 13.1 Å². The van der Waals surface area contributed by atoms with Crippen molar-refractivity contribution in [1.29, 1.82) is 0 Å². The second kappa shape index (κ2) is 6.83. The van der Waals surface area contributed by atoms with Gasteiger partial charge in [-0.05, 0) is 56.9 Å². The molecule has 5 nitrogen and oxygen atoms in total. The lowest BCUT2D eigenvalue weighted by Gasteiger charge is -2.14. The molecule has 26 heavy (non-hydrogen) atoms. The Bertz CT molecular complexity index is 914. The third kappa shape index (κ3) is 3.26. The highest BCUT2D eigenvalue weighted by Gasteiger charge is 2.28. The molecule has 0 N–H and O–H groups in total. The van der Waals surface area contributed by atoms with E-state index >= 15 is 0 Å². The average Bonchev–Trinajstić information content (AvgIpc) is 3.19. The molecular weight excluding hydrogens is 346 g/mol. The topological polar surface area (TPSA) is 54.7 Å². The molecule has 0 radical (unpaired) electrons. The van der Waals surface area contributed by atoms with Crippen LogP contribution in [0.25, 0.3) is 0 Å². The van der Waals surface area contributed by atoms with E-state index in [1.165, 1.54) is 11.3 Å². The number of Topliss-reactive ketones (excluding diaryl/α,β-unsaturated/α-hetero) is 1. The van der Waals surface area contributed by atoms with Crippen molar-refractivity contribution in [2.24, 2.45) is 4.99 Å². The van der Waals surface area contributed by atoms with Crippen LogP contribution >= 0.6 is 11.3 Å². The van der Waals surface area contributed by atoms with Gasteiger partial charge in [0.2, 0.25) is 0 Å². The molecule has 1 aliphatic carbocycles. The second-order valence-electron chi connectivity index (χ2n) is 7.11. The van der Waals surface area contributed by atoms with Crippen LogP contribution in [0.1, 0.15) is 64.4 Å². The summed E-state index contributed by atoms with van der Waals surface area (Å²) in [5, 5.41) is 0. The number of likely N-dealkylation sites (tertiary alicyclic amines) is 1. The predicted octanol–water partition coefficient (Wildman–Crippen LogP) is 3.86. The summed E-state index contributed by atoms with van der Waals surface area (Å²) in [5.74, 6) is 0.197. The minimum Gasteiger partial charge on any atom is -0.339 e. The average molecular weight is 369 g/mol. The zero-order valence-electron chi connectivity index (χ0n) is 15.2. The van der Waals surface area contributed by atoms with Crippen molar-refractivity contribution in [3.63, 3.8) is 0 Å². The molecule has 2 aliphatic rings. The number of hydrogen-bond acceptors (Lipinski definition) is 4. The Balaban J connectivity index is 1.65. The molecule has 0 bridgehead atoms. The third-order valence-corrected chi connectivity index (χ3v) is 6.31. The minimum atomic E-state index is 0.0925. The standard InChI is InChI=1S/C20H23N3O2S/c1-13-18(14(2)24)26-20(23(13)17-9-10-17)21-16-7-5-15(6-8-16)19(25)22-11-3-4-12-22/h5-8,17H,3-4,9-12H2,1-2H3. The van der Waals surface area contributed by atoms with Crippen LogP contribution in [0.5, 0.6) is 0 Å². The van der Waals surface area contributed by atoms with Gasteiger partial charge in [0.15, 0.2) is 10.6 Å². The summed E-state index contributed by atoms with van der Waals surface area (Å²) >= 11 is 1.46. The van der Waals surface area contributed by atoms with Gasteiger partial charge in [-0.15, -0.1) is 0 Å². The molecule has 1 amide bonds. The number of amides is 1. The monoisotopic (exact) mass is 369 g/mol. The van der Waals surface area contributed by atoms with Gasteiger partial charge < -0.3 is 9.47 Å². The predicted molar refractivity (Wildman–Crippen MR) is 102 cm³/mol. The molecule has 2 fully saturated rings. The molecule has 0 spiro atoms. The molecule has 1 aromatic carbocycles.